The van der Waals surface area contributed by atoms with Gasteiger partial charge in [0.05, 0.1) is 17.4 Å². The third kappa shape index (κ3) is 3.11. The molecule has 0 aliphatic carbocycles. The van der Waals surface area contributed by atoms with Gasteiger partial charge in [0.2, 0.25) is 10.0 Å². The van der Waals surface area contributed by atoms with Gasteiger partial charge in [-0.3, -0.25) is 0 Å². The number of hydrogen-bond donors (Lipinski definition) is 0. The summed E-state index contributed by atoms with van der Waals surface area (Å²) >= 11 is 1.66. The summed E-state index contributed by atoms with van der Waals surface area (Å²) in [6.45, 7) is 2.38. The van der Waals surface area contributed by atoms with Crippen molar-refractivity contribution in [3.05, 3.63) is 59.7 Å². The number of methoxy groups -OCH3 is 1. The molecule has 6 heteroatoms. The highest BCUT2D eigenvalue weighted by Gasteiger charge is 2.36. The Bertz CT molecular complexity index is 791. The Morgan fingerprint density at radius 1 is 1.17 bits per heavy atom. The zero-order valence-electron chi connectivity index (χ0n) is 13.1. The van der Waals surface area contributed by atoms with Crippen LogP contribution in [0.25, 0.3) is 0 Å². The lowest BCUT2D eigenvalue weighted by Crippen LogP contribution is -2.30. The lowest BCUT2D eigenvalue weighted by atomic mass is 10.2. The number of hydrogen-bond acceptors (Lipinski definition) is 4. The second-order valence-corrected chi connectivity index (χ2v) is 8.46. The van der Waals surface area contributed by atoms with Gasteiger partial charge >= 0.3 is 0 Å². The van der Waals surface area contributed by atoms with Gasteiger partial charge < -0.3 is 4.74 Å². The lowest BCUT2D eigenvalue weighted by Gasteiger charge is -2.24. The molecule has 3 rings (SSSR count). The first-order valence-electron chi connectivity index (χ1n) is 7.37. The highest BCUT2D eigenvalue weighted by atomic mass is 32.2. The Balaban J connectivity index is 1.97. The van der Waals surface area contributed by atoms with Gasteiger partial charge in [-0.25, -0.2) is 8.42 Å². The summed E-state index contributed by atoms with van der Waals surface area (Å²) in [5, 5.41) is -0.163. The van der Waals surface area contributed by atoms with Crippen molar-refractivity contribution in [2.45, 2.75) is 17.2 Å². The van der Waals surface area contributed by atoms with Crippen LogP contribution in [0.5, 0.6) is 5.75 Å². The summed E-state index contributed by atoms with van der Waals surface area (Å²) < 4.78 is 32.9. The molecule has 0 amide bonds. The summed E-state index contributed by atoms with van der Waals surface area (Å²) in [7, 11) is -1.94. The van der Waals surface area contributed by atoms with E-state index in [-0.39, 0.29) is 5.37 Å². The Kier molecular flexibility index (Phi) is 4.66. The molecule has 0 aromatic heterocycles. The van der Waals surface area contributed by atoms with Crippen LogP contribution in [-0.4, -0.2) is 32.1 Å². The van der Waals surface area contributed by atoms with Crippen molar-refractivity contribution in [1.29, 1.82) is 0 Å². The second-order valence-electron chi connectivity index (χ2n) is 5.38. The summed E-state index contributed by atoms with van der Waals surface area (Å²) in [6, 6.07) is 14.8. The monoisotopic (exact) mass is 349 g/mol. The van der Waals surface area contributed by atoms with Crippen LogP contribution in [-0.2, 0) is 10.0 Å². The molecule has 4 nitrogen and oxygen atoms in total. The Hall–Kier alpha value is -1.50. The molecule has 23 heavy (non-hydrogen) atoms. The average molecular weight is 349 g/mol. The van der Waals surface area contributed by atoms with Crippen LogP contribution in [0, 0.1) is 6.92 Å². The van der Waals surface area contributed by atoms with E-state index in [9.17, 15) is 8.42 Å². The molecule has 0 N–H and O–H groups in total. The van der Waals surface area contributed by atoms with E-state index in [1.807, 2.05) is 37.3 Å². The number of sulfonamides is 1. The van der Waals surface area contributed by atoms with Crippen LogP contribution < -0.4 is 4.74 Å². The fourth-order valence-electron chi connectivity index (χ4n) is 2.73. The van der Waals surface area contributed by atoms with Crippen molar-refractivity contribution >= 4 is 21.8 Å². The number of benzene rings is 2. The fourth-order valence-corrected chi connectivity index (χ4v) is 6.05. The zero-order chi connectivity index (χ0) is 16.4. The fraction of sp³-hybridized carbons (Fsp3) is 0.294. The minimum absolute atomic E-state index is 0.163. The average Bonchev–Trinajstić information content (AvgIpc) is 3.06. The maximum absolute atomic E-state index is 13.0. The first-order valence-corrected chi connectivity index (χ1v) is 9.86. The zero-order valence-corrected chi connectivity index (χ0v) is 14.7. The lowest BCUT2D eigenvalue weighted by molar-refractivity contribution is 0.410. The number of rotatable bonds is 4. The van der Waals surface area contributed by atoms with E-state index in [4.69, 9.17) is 4.74 Å². The predicted octanol–water partition coefficient (Wildman–Crippen LogP) is 3.44. The minimum Gasteiger partial charge on any atom is -0.496 e. The van der Waals surface area contributed by atoms with Gasteiger partial charge in [0.1, 0.15) is 5.75 Å². The maximum Gasteiger partial charge on any atom is 0.244 e. The van der Waals surface area contributed by atoms with Crippen LogP contribution in [0.4, 0.5) is 0 Å². The van der Waals surface area contributed by atoms with Crippen LogP contribution in [0.1, 0.15) is 16.5 Å². The predicted molar refractivity (Wildman–Crippen MR) is 93.3 cm³/mol. The number of aryl methyl sites for hydroxylation is 1. The van der Waals surface area contributed by atoms with E-state index < -0.39 is 10.0 Å². The highest BCUT2D eigenvalue weighted by molar-refractivity contribution is 8.01. The first-order chi connectivity index (χ1) is 11.0. The topological polar surface area (TPSA) is 46.6 Å². The van der Waals surface area contributed by atoms with E-state index in [2.05, 4.69) is 0 Å². The molecule has 0 saturated carbocycles. The van der Waals surface area contributed by atoms with Gasteiger partial charge in [-0.2, -0.15) is 4.31 Å². The van der Waals surface area contributed by atoms with Gasteiger partial charge in [0.25, 0.3) is 0 Å². The minimum atomic E-state index is -3.53. The van der Waals surface area contributed by atoms with Crippen LogP contribution in [0.3, 0.4) is 0 Å². The molecule has 1 fully saturated rings. The third-order valence-electron chi connectivity index (χ3n) is 3.91. The van der Waals surface area contributed by atoms with E-state index in [0.29, 0.717) is 17.2 Å². The van der Waals surface area contributed by atoms with Crippen molar-refractivity contribution < 1.29 is 13.2 Å². The molecule has 1 aliphatic rings. The Labute approximate surface area is 141 Å². The summed E-state index contributed by atoms with van der Waals surface area (Å²) in [4.78, 5) is 0.319. The molecule has 2 aromatic carbocycles. The number of ether oxygens (including phenoxy) is 1. The second kappa shape index (κ2) is 6.55. The molecule has 1 saturated heterocycles. The summed E-state index contributed by atoms with van der Waals surface area (Å²) in [6.07, 6.45) is 0. The van der Waals surface area contributed by atoms with Crippen molar-refractivity contribution in [3.63, 3.8) is 0 Å². The molecule has 2 aromatic rings. The molecule has 122 valence electrons. The standard InChI is InChI=1S/C17H19NO3S2/c1-13-12-15(8-9-16(13)21-2)23(19,20)18-10-11-22-17(18)14-6-4-3-5-7-14/h3-9,12,17H,10-11H2,1-2H3/t17-/m0/s1. The molecule has 0 radical (unpaired) electrons. The van der Waals surface area contributed by atoms with E-state index in [0.717, 1.165) is 16.9 Å². The SMILES string of the molecule is COc1ccc(S(=O)(=O)N2CCS[C@H]2c2ccccc2)cc1C. The molecule has 1 heterocycles. The van der Waals surface area contributed by atoms with Crippen LogP contribution in [0.2, 0.25) is 0 Å². The van der Waals surface area contributed by atoms with E-state index in [1.54, 1.807) is 41.4 Å². The molecule has 0 unspecified atom stereocenters. The van der Waals surface area contributed by atoms with Crippen molar-refractivity contribution in [2.75, 3.05) is 19.4 Å². The summed E-state index contributed by atoms with van der Waals surface area (Å²) in [5.74, 6) is 1.49. The smallest absolute Gasteiger partial charge is 0.244 e. The van der Waals surface area contributed by atoms with Crippen molar-refractivity contribution in [2.24, 2.45) is 0 Å². The molecular formula is C17H19NO3S2. The summed E-state index contributed by atoms with van der Waals surface area (Å²) in [5.41, 5.74) is 1.83. The Morgan fingerprint density at radius 3 is 2.57 bits per heavy atom. The van der Waals surface area contributed by atoms with Gasteiger partial charge in [-0.15, -0.1) is 11.8 Å². The number of thioether (sulfide) groups is 1. The van der Waals surface area contributed by atoms with E-state index in [1.165, 1.54) is 0 Å². The largest absolute Gasteiger partial charge is 0.496 e. The van der Waals surface area contributed by atoms with Gasteiger partial charge in [-0.05, 0) is 36.2 Å². The van der Waals surface area contributed by atoms with Gasteiger partial charge in [0.15, 0.2) is 0 Å². The molecular weight excluding hydrogens is 330 g/mol. The normalized spacial score (nSPS) is 19.0. The highest BCUT2D eigenvalue weighted by Crippen LogP contribution is 2.41. The first kappa shape index (κ1) is 16.4. The molecule has 1 atom stereocenters. The van der Waals surface area contributed by atoms with Gasteiger partial charge in [-0.1, -0.05) is 30.3 Å². The van der Waals surface area contributed by atoms with Crippen molar-refractivity contribution in [1.82, 2.24) is 4.31 Å². The van der Waals surface area contributed by atoms with Crippen molar-refractivity contribution in [3.8, 4) is 5.75 Å². The number of nitrogens with zero attached hydrogens (tertiary/aromatic N) is 1. The molecule has 0 spiro atoms. The molecule has 0 bridgehead atoms. The maximum atomic E-state index is 13.0. The Morgan fingerprint density at radius 2 is 1.91 bits per heavy atom. The van der Waals surface area contributed by atoms with Crippen LogP contribution >= 0.6 is 11.8 Å². The molecule has 1 aliphatic heterocycles. The quantitative estimate of drug-likeness (QED) is 0.848. The van der Waals surface area contributed by atoms with E-state index >= 15 is 0 Å². The van der Waals surface area contributed by atoms with Crippen LogP contribution in [0.15, 0.2) is 53.4 Å². The third-order valence-corrected chi connectivity index (χ3v) is 7.16. The van der Waals surface area contributed by atoms with Gasteiger partial charge in [0, 0.05) is 12.3 Å².